The van der Waals surface area contributed by atoms with Crippen molar-refractivity contribution in [3.8, 4) is 5.75 Å². The average molecular weight is 416 g/mol. The third-order valence-corrected chi connectivity index (χ3v) is 4.91. The van der Waals surface area contributed by atoms with E-state index in [-0.39, 0.29) is 22.6 Å². The number of hydrogen-bond donors (Lipinski definition) is 0. The van der Waals surface area contributed by atoms with Crippen LogP contribution in [0.5, 0.6) is 5.75 Å². The van der Waals surface area contributed by atoms with Crippen LogP contribution in [-0.2, 0) is 4.74 Å². The van der Waals surface area contributed by atoms with E-state index in [2.05, 4.69) is 0 Å². The lowest BCUT2D eigenvalue weighted by Gasteiger charge is -2.28. The van der Waals surface area contributed by atoms with Gasteiger partial charge in [0.25, 0.3) is 5.69 Å². The number of piperidine rings is 1. The number of benzene rings is 2. The molecule has 1 heterocycles. The van der Waals surface area contributed by atoms with Crippen LogP contribution in [0.2, 0.25) is 0 Å². The first-order valence-corrected chi connectivity index (χ1v) is 9.48. The molecule has 1 aliphatic rings. The van der Waals surface area contributed by atoms with Crippen LogP contribution in [0.4, 0.5) is 15.8 Å². The van der Waals surface area contributed by atoms with Crippen molar-refractivity contribution in [3.63, 3.8) is 0 Å². The van der Waals surface area contributed by atoms with Crippen LogP contribution in [0.15, 0.2) is 36.4 Å². The zero-order chi connectivity index (χ0) is 21.7. The van der Waals surface area contributed by atoms with E-state index in [1.807, 2.05) is 4.90 Å². The summed E-state index contributed by atoms with van der Waals surface area (Å²) in [5.74, 6) is -2.20. The van der Waals surface area contributed by atoms with Gasteiger partial charge < -0.3 is 14.4 Å². The van der Waals surface area contributed by atoms with E-state index in [1.54, 1.807) is 0 Å². The molecule has 1 fully saturated rings. The van der Waals surface area contributed by atoms with Gasteiger partial charge in [-0.05, 0) is 49.6 Å². The first kappa shape index (κ1) is 21.2. The summed E-state index contributed by atoms with van der Waals surface area (Å²) in [5.41, 5.74) is 0.264. The fourth-order valence-electron chi connectivity index (χ4n) is 3.34. The third kappa shape index (κ3) is 4.73. The smallest absolute Gasteiger partial charge is 0.338 e. The van der Waals surface area contributed by atoms with Crippen molar-refractivity contribution in [3.05, 3.63) is 63.5 Å². The standard InChI is InChI=1S/C21H21FN2O6/c1-29-20-8-6-14(11-16(20)22)19(25)13-30-21(26)15-5-7-17(18(12-15)24(27)28)23-9-3-2-4-10-23/h5-8,11-12H,2-4,9-10,13H2,1H3. The van der Waals surface area contributed by atoms with Gasteiger partial charge in [-0.2, -0.15) is 0 Å². The van der Waals surface area contributed by atoms with Crippen molar-refractivity contribution in [2.24, 2.45) is 0 Å². The second kappa shape index (κ2) is 9.34. The number of Topliss-reactive ketones (excluding diaryl/α,β-unsaturated/α-hetero) is 1. The number of ether oxygens (including phenoxy) is 2. The summed E-state index contributed by atoms with van der Waals surface area (Å²) in [6, 6.07) is 7.78. The Bertz CT molecular complexity index is 972. The molecule has 3 rings (SSSR count). The van der Waals surface area contributed by atoms with Crippen molar-refractivity contribution >= 4 is 23.1 Å². The summed E-state index contributed by atoms with van der Waals surface area (Å²) in [6.07, 6.45) is 2.99. The number of nitro benzene ring substituents is 1. The van der Waals surface area contributed by atoms with Crippen LogP contribution in [0.25, 0.3) is 0 Å². The zero-order valence-corrected chi connectivity index (χ0v) is 16.4. The minimum absolute atomic E-state index is 0.00958. The molecule has 0 aromatic heterocycles. The van der Waals surface area contributed by atoms with Crippen molar-refractivity contribution in [2.45, 2.75) is 19.3 Å². The molecule has 2 aromatic carbocycles. The molecule has 1 aliphatic heterocycles. The molecule has 0 radical (unpaired) electrons. The highest BCUT2D eigenvalue weighted by molar-refractivity contribution is 5.99. The molecule has 1 saturated heterocycles. The molecule has 0 amide bonds. The van der Waals surface area contributed by atoms with Crippen LogP contribution in [0, 0.1) is 15.9 Å². The van der Waals surface area contributed by atoms with Crippen LogP contribution >= 0.6 is 0 Å². The number of methoxy groups -OCH3 is 1. The largest absolute Gasteiger partial charge is 0.494 e. The second-order valence-electron chi connectivity index (χ2n) is 6.86. The van der Waals surface area contributed by atoms with Crippen molar-refractivity contribution < 1.29 is 28.4 Å². The Kier molecular flexibility index (Phi) is 6.61. The maximum absolute atomic E-state index is 13.7. The van der Waals surface area contributed by atoms with Gasteiger partial charge in [0.2, 0.25) is 0 Å². The molecule has 9 heteroatoms. The number of anilines is 1. The van der Waals surface area contributed by atoms with E-state index < -0.39 is 29.1 Å². The van der Waals surface area contributed by atoms with Gasteiger partial charge >= 0.3 is 5.97 Å². The molecule has 8 nitrogen and oxygen atoms in total. The Balaban J connectivity index is 1.70. The van der Waals surface area contributed by atoms with E-state index in [0.29, 0.717) is 5.69 Å². The lowest BCUT2D eigenvalue weighted by atomic mass is 10.1. The maximum atomic E-state index is 13.7. The lowest BCUT2D eigenvalue weighted by Crippen LogP contribution is -2.30. The molecule has 0 N–H and O–H groups in total. The minimum atomic E-state index is -0.870. The summed E-state index contributed by atoms with van der Waals surface area (Å²) < 4.78 is 23.5. The Morgan fingerprint density at radius 1 is 1.10 bits per heavy atom. The van der Waals surface area contributed by atoms with Gasteiger partial charge in [0.05, 0.1) is 17.6 Å². The summed E-state index contributed by atoms with van der Waals surface area (Å²) in [6.45, 7) is 0.821. The fraction of sp³-hybridized carbons (Fsp3) is 0.333. The Morgan fingerprint density at radius 3 is 2.43 bits per heavy atom. The molecule has 0 atom stereocenters. The quantitative estimate of drug-likeness (QED) is 0.293. The molecule has 0 bridgehead atoms. The molecule has 158 valence electrons. The van der Waals surface area contributed by atoms with Crippen LogP contribution in [0.1, 0.15) is 40.0 Å². The van der Waals surface area contributed by atoms with E-state index in [0.717, 1.165) is 44.5 Å². The van der Waals surface area contributed by atoms with E-state index >= 15 is 0 Å². The Hall–Kier alpha value is -3.49. The fourth-order valence-corrected chi connectivity index (χ4v) is 3.34. The lowest BCUT2D eigenvalue weighted by molar-refractivity contribution is -0.384. The molecular weight excluding hydrogens is 395 g/mol. The summed E-state index contributed by atoms with van der Waals surface area (Å²) in [7, 11) is 1.30. The number of esters is 1. The molecule has 0 unspecified atom stereocenters. The highest BCUT2D eigenvalue weighted by Gasteiger charge is 2.24. The molecule has 30 heavy (non-hydrogen) atoms. The van der Waals surface area contributed by atoms with Crippen LogP contribution in [0.3, 0.4) is 0 Å². The number of halogens is 1. The SMILES string of the molecule is COc1ccc(C(=O)COC(=O)c2ccc(N3CCCCC3)c([N+](=O)[O-])c2)cc1F. The topological polar surface area (TPSA) is 99.0 Å². The zero-order valence-electron chi connectivity index (χ0n) is 16.4. The third-order valence-electron chi connectivity index (χ3n) is 4.91. The second-order valence-corrected chi connectivity index (χ2v) is 6.86. The van der Waals surface area contributed by atoms with Gasteiger partial charge in [-0.15, -0.1) is 0 Å². The van der Waals surface area contributed by atoms with Gasteiger partial charge in [-0.25, -0.2) is 9.18 Å². The van der Waals surface area contributed by atoms with Crippen molar-refractivity contribution in [2.75, 3.05) is 31.7 Å². The van der Waals surface area contributed by atoms with Crippen molar-refractivity contribution in [1.29, 1.82) is 0 Å². The van der Waals surface area contributed by atoms with E-state index in [4.69, 9.17) is 9.47 Å². The van der Waals surface area contributed by atoms with Crippen LogP contribution in [-0.4, -0.2) is 43.5 Å². The van der Waals surface area contributed by atoms with Crippen molar-refractivity contribution in [1.82, 2.24) is 0 Å². The number of carbonyl (C=O) groups is 2. The highest BCUT2D eigenvalue weighted by Crippen LogP contribution is 2.31. The summed E-state index contributed by atoms with van der Waals surface area (Å²) in [4.78, 5) is 37.4. The highest BCUT2D eigenvalue weighted by atomic mass is 19.1. The first-order chi connectivity index (χ1) is 14.4. The summed E-state index contributed by atoms with van der Waals surface area (Å²) in [5, 5.41) is 11.5. The predicted octanol–water partition coefficient (Wildman–Crippen LogP) is 3.77. The predicted molar refractivity (Wildman–Crippen MR) is 107 cm³/mol. The van der Waals surface area contributed by atoms with E-state index in [1.165, 1.54) is 31.4 Å². The van der Waals surface area contributed by atoms with Gasteiger partial charge in [0.1, 0.15) is 5.69 Å². The minimum Gasteiger partial charge on any atom is -0.494 e. The van der Waals surface area contributed by atoms with Crippen LogP contribution < -0.4 is 9.64 Å². The van der Waals surface area contributed by atoms with Gasteiger partial charge in [0.15, 0.2) is 24.0 Å². The molecule has 2 aromatic rings. The molecular formula is C21H21FN2O6. The molecule has 0 spiro atoms. The number of nitrogens with zero attached hydrogens (tertiary/aromatic N) is 2. The summed E-state index contributed by atoms with van der Waals surface area (Å²) >= 11 is 0. The first-order valence-electron chi connectivity index (χ1n) is 9.48. The van der Waals surface area contributed by atoms with Gasteiger partial charge in [0, 0.05) is 24.7 Å². The monoisotopic (exact) mass is 416 g/mol. The van der Waals surface area contributed by atoms with Gasteiger partial charge in [-0.3, -0.25) is 14.9 Å². The normalized spacial score (nSPS) is 13.6. The number of ketones is 1. The maximum Gasteiger partial charge on any atom is 0.338 e. The molecule has 0 aliphatic carbocycles. The Labute approximate surface area is 172 Å². The average Bonchev–Trinajstić information content (AvgIpc) is 2.77. The number of hydrogen-bond acceptors (Lipinski definition) is 7. The number of carbonyl (C=O) groups excluding carboxylic acids is 2. The van der Waals surface area contributed by atoms with E-state index in [9.17, 15) is 24.1 Å². The van der Waals surface area contributed by atoms with Gasteiger partial charge in [-0.1, -0.05) is 0 Å². The number of nitro groups is 1. The molecule has 0 saturated carbocycles. The number of rotatable bonds is 7. The Morgan fingerprint density at radius 2 is 1.80 bits per heavy atom.